The highest BCUT2D eigenvalue weighted by Crippen LogP contribution is 2.12. The number of rotatable bonds is 1. The Morgan fingerprint density at radius 3 is 3.10 bits per heavy atom. The van der Waals surface area contributed by atoms with Crippen molar-refractivity contribution in [1.29, 1.82) is 0 Å². The van der Waals surface area contributed by atoms with Crippen molar-refractivity contribution in [2.24, 2.45) is 10.7 Å². The van der Waals surface area contributed by atoms with Gasteiger partial charge in [-0.25, -0.2) is 4.99 Å². The molecule has 0 aliphatic carbocycles. The zero-order valence-corrected chi connectivity index (χ0v) is 5.78. The molecule has 0 saturated heterocycles. The molecule has 3 heteroatoms. The SMILES string of the molecule is Cc1ncccc1N=CN. The third-order valence-electron chi connectivity index (χ3n) is 1.19. The van der Waals surface area contributed by atoms with E-state index in [1.807, 2.05) is 19.1 Å². The van der Waals surface area contributed by atoms with Crippen LogP contribution in [0.5, 0.6) is 0 Å². The largest absolute Gasteiger partial charge is 0.390 e. The Bertz CT molecular complexity index is 242. The van der Waals surface area contributed by atoms with E-state index >= 15 is 0 Å². The van der Waals surface area contributed by atoms with Crippen LogP contribution in [0.15, 0.2) is 23.3 Å². The van der Waals surface area contributed by atoms with Gasteiger partial charge in [-0.15, -0.1) is 0 Å². The third kappa shape index (κ3) is 1.31. The summed E-state index contributed by atoms with van der Waals surface area (Å²) >= 11 is 0. The maximum absolute atomic E-state index is 5.11. The topological polar surface area (TPSA) is 51.3 Å². The molecule has 0 unspecified atom stereocenters. The minimum Gasteiger partial charge on any atom is -0.390 e. The molecule has 0 radical (unpaired) electrons. The highest BCUT2D eigenvalue weighted by Gasteiger charge is 1.91. The number of nitrogens with two attached hydrogens (primary N) is 1. The molecule has 0 aromatic carbocycles. The molecule has 3 nitrogen and oxygen atoms in total. The van der Waals surface area contributed by atoms with Gasteiger partial charge in [-0.2, -0.15) is 0 Å². The summed E-state index contributed by atoms with van der Waals surface area (Å²) in [5.41, 5.74) is 6.83. The summed E-state index contributed by atoms with van der Waals surface area (Å²) in [5, 5.41) is 0. The number of hydrogen-bond donors (Lipinski definition) is 1. The average molecular weight is 135 g/mol. The van der Waals surface area contributed by atoms with Crippen LogP contribution < -0.4 is 5.73 Å². The van der Waals surface area contributed by atoms with Gasteiger partial charge in [0.2, 0.25) is 0 Å². The van der Waals surface area contributed by atoms with Gasteiger partial charge in [-0.1, -0.05) is 0 Å². The summed E-state index contributed by atoms with van der Waals surface area (Å²) in [7, 11) is 0. The molecule has 0 atom stereocenters. The lowest BCUT2D eigenvalue weighted by Gasteiger charge is -1.94. The van der Waals surface area contributed by atoms with Crippen LogP contribution in [0.4, 0.5) is 5.69 Å². The molecule has 0 aliphatic rings. The van der Waals surface area contributed by atoms with Crippen molar-refractivity contribution in [3.63, 3.8) is 0 Å². The van der Waals surface area contributed by atoms with Crippen LogP contribution in [0.2, 0.25) is 0 Å². The van der Waals surface area contributed by atoms with Crippen molar-refractivity contribution >= 4 is 12.0 Å². The van der Waals surface area contributed by atoms with Crippen molar-refractivity contribution in [1.82, 2.24) is 4.98 Å². The van der Waals surface area contributed by atoms with Crippen LogP contribution in [-0.4, -0.2) is 11.3 Å². The number of aliphatic imine (C=N–C) groups is 1. The lowest BCUT2D eigenvalue weighted by molar-refractivity contribution is 1.19. The predicted octanol–water partition coefficient (Wildman–Crippen LogP) is 1.01. The van der Waals surface area contributed by atoms with Crippen molar-refractivity contribution in [2.45, 2.75) is 6.92 Å². The lowest BCUT2D eigenvalue weighted by Crippen LogP contribution is -1.88. The molecule has 1 rings (SSSR count). The summed E-state index contributed by atoms with van der Waals surface area (Å²) in [5.74, 6) is 0. The number of nitrogens with zero attached hydrogens (tertiary/aromatic N) is 2. The zero-order chi connectivity index (χ0) is 7.40. The Balaban J connectivity index is 3.03. The van der Waals surface area contributed by atoms with Gasteiger partial charge in [-0.3, -0.25) is 4.98 Å². The molecule has 0 spiro atoms. The molecule has 0 saturated carbocycles. The van der Waals surface area contributed by atoms with Crippen molar-refractivity contribution in [2.75, 3.05) is 0 Å². The Labute approximate surface area is 59.6 Å². The van der Waals surface area contributed by atoms with Gasteiger partial charge in [0.05, 0.1) is 17.7 Å². The second-order valence-electron chi connectivity index (χ2n) is 1.89. The molecule has 1 aromatic heterocycles. The number of aromatic nitrogens is 1. The van der Waals surface area contributed by atoms with E-state index in [0.29, 0.717) is 0 Å². The van der Waals surface area contributed by atoms with Gasteiger partial charge in [0.25, 0.3) is 0 Å². The van der Waals surface area contributed by atoms with Gasteiger partial charge in [-0.05, 0) is 19.1 Å². The van der Waals surface area contributed by atoms with Gasteiger partial charge in [0.15, 0.2) is 0 Å². The van der Waals surface area contributed by atoms with Gasteiger partial charge in [0, 0.05) is 6.20 Å². The van der Waals surface area contributed by atoms with Crippen molar-refractivity contribution < 1.29 is 0 Å². The standard InChI is InChI=1S/C7H9N3/c1-6-7(10-5-8)3-2-4-9-6/h2-5H,1H3,(H2,8,10). The Hall–Kier alpha value is -1.38. The first kappa shape index (κ1) is 6.74. The highest BCUT2D eigenvalue weighted by molar-refractivity contribution is 5.59. The van der Waals surface area contributed by atoms with Crippen LogP contribution in [0.3, 0.4) is 0 Å². The molecule has 1 aromatic rings. The van der Waals surface area contributed by atoms with Gasteiger partial charge < -0.3 is 5.73 Å². The Morgan fingerprint density at radius 1 is 1.70 bits per heavy atom. The fourth-order valence-corrected chi connectivity index (χ4v) is 0.693. The molecular weight excluding hydrogens is 126 g/mol. The van der Waals surface area contributed by atoms with E-state index in [2.05, 4.69) is 9.98 Å². The predicted molar refractivity (Wildman–Crippen MR) is 41.3 cm³/mol. The smallest absolute Gasteiger partial charge is 0.0861 e. The van der Waals surface area contributed by atoms with Crippen molar-refractivity contribution in [3.8, 4) is 0 Å². The summed E-state index contributed by atoms with van der Waals surface area (Å²) in [6.45, 7) is 1.89. The summed E-state index contributed by atoms with van der Waals surface area (Å²) in [6, 6.07) is 3.70. The normalized spacial score (nSPS) is 10.5. The van der Waals surface area contributed by atoms with E-state index in [9.17, 15) is 0 Å². The Morgan fingerprint density at radius 2 is 2.50 bits per heavy atom. The van der Waals surface area contributed by atoms with Crippen LogP contribution in [0.1, 0.15) is 5.69 Å². The van der Waals surface area contributed by atoms with Gasteiger partial charge >= 0.3 is 0 Å². The minimum atomic E-state index is 0.824. The van der Waals surface area contributed by atoms with E-state index in [0.717, 1.165) is 11.4 Å². The Kier molecular flexibility index (Phi) is 1.99. The molecule has 0 bridgehead atoms. The monoisotopic (exact) mass is 135 g/mol. The number of pyridine rings is 1. The van der Waals surface area contributed by atoms with E-state index in [1.165, 1.54) is 6.34 Å². The maximum atomic E-state index is 5.11. The first-order chi connectivity index (χ1) is 4.84. The minimum absolute atomic E-state index is 0.824. The second kappa shape index (κ2) is 2.96. The zero-order valence-electron chi connectivity index (χ0n) is 5.78. The quantitative estimate of drug-likeness (QED) is 0.461. The molecule has 1 heterocycles. The van der Waals surface area contributed by atoms with Crippen LogP contribution >= 0.6 is 0 Å². The summed E-state index contributed by atoms with van der Waals surface area (Å²) < 4.78 is 0. The molecule has 2 N–H and O–H groups in total. The maximum Gasteiger partial charge on any atom is 0.0861 e. The van der Waals surface area contributed by atoms with Crippen LogP contribution in [0.25, 0.3) is 0 Å². The van der Waals surface area contributed by atoms with E-state index < -0.39 is 0 Å². The lowest BCUT2D eigenvalue weighted by atomic mass is 10.3. The van der Waals surface area contributed by atoms with E-state index in [4.69, 9.17) is 5.73 Å². The fourth-order valence-electron chi connectivity index (χ4n) is 0.693. The summed E-state index contributed by atoms with van der Waals surface area (Å²) in [4.78, 5) is 7.92. The molecule has 0 amide bonds. The molecular formula is C7H9N3. The van der Waals surface area contributed by atoms with E-state index in [-0.39, 0.29) is 0 Å². The fraction of sp³-hybridized carbons (Fsp3) is 0.143. The number of hydrogen-bond acceptors (Lipinski definition) is 2. The molecule has 10 heavy (non-hydrogen) atoms. The first-order valence-electron chi connectivity index (χ1n) is 3.00. The van der Waals surface area contributed by atoms with Crippen LogP contribution in [-0.2, 0) is 0 Å². The average Bonchev–Trinajstić information content (AvgIpc) is 1.94. The number of aryl methyl sites for hydroxylation is 1. The molecule has 0 aliphatic heterocycles. The molecule has 52 valence electrons. The van der Waals surface area contributed by atoms with Crippen molar-refractivity contribution in [3.05, 3.63) is 24.0 Å². The van der Waals surface area contributed by atoms with Crippen LogP contribution in [0, 0.1) is 6.92 Å². The third-order valence-corrected chi connectivity index (χ3v) is 1.19. The van der Waals surface area contributed by atoms with Gasteiger partial charge in [0.1, 0.15) is 0 Å². The first-order valence-corrected chi connectivity index (χ1v) is 3.00. The second-order valence-corrected chi connectivity index (χ2v) is 1.89. The highest BCUT2D eigenvalue weighted by atomic mass is 14.8. The van der Waals surface area contributed by atoms with E-state index in [1.54, 1.807) is 6.20 Å². The molecule has 0 fully saturated rings. The summed E-state index contributed by atoms with van der Waals surface area (Å²) in [6.07, 6.45) is 2.99.